The molecule has 4 aromatic rings. The largest absolute Gasteiger partial charge is 0.508 e. The number of aryl methyl sites for hydroxylation is 2. The van der Waals surface area contributed by atoms with Gasteiger partial charge in [0.05, 0.1) is 11.5 Å². The van der Waals surface area contributed by atoms with E-state index in [-0.39, 0.29) is 17.4 Å². The molecule has 1 aromatic heterocycles. The van der Waals surface area contributed by atoms with Gasteiger partial charge in [-0.05, 0) is 62.7 Å². The predicted molar refractivity (Wildman–Crippen MR) is 135 cm³/mol. The number of amides is 1. The fourth-order valence-corrected chi connectivity index (χ4v) is 4.00. The van der Waals surface area contributed by atoms with Crippen LogP contribution in [0.5, 0.6) is 5.75 Å². The van der Waals surface area contributed by atoms with Gasteiger partial charge < -0.3 is 5.11 Å². The summed E-state index contributed by atoms with van der Waals surface area (Å²) in [5, 5.41) is 23.0. The molecular weight excluding hydrogens is 446 g/mol. The first-order valence-electron chi connectivity index (χ1n) is 10.8. The molecule has 2 N–H and O–H groups in total. The summed E-state index contributed by atoms with van der Waals surface area (Å²) < 4.78 is 1.97. The normalized spacial score (nSPS) is 11.4. The van der Waals surface area contributed by atoms with Crippen molar-refractivity contribution >= 4 is 23.4 Å². The van der Waals surface area contributed by atoms with Gasteiger partial charge >= 0.3 is 0 Å². The minimum absolute atomic E-state index is 0.129. The lowest BCUT2D eigenvalue weighted by molar-refractivity contribution is -0.118. The number of carbonyl (C=O) groups excluding carboxylic acids is 1. The number of aromatic nitrogens is 3. The molecular formula is C26H25N5O2S. The number of nitrogens with zero attached hydrogens (tertiary/aromatic N) is 4. The van der Waals surface area contributed by atoms with E-state index >= 15 is 0 Å². The van der Waals surface area contributed by atoms with Crippen molar-refractivity contribution in [1.82, 2.24) is 20.2 Å². The Morgan fingerprint density at radius 3 is 2.21 bits per heavy atom. The van der Waals surface area contributed by atoms with E-state index in [0.717, 1.165) is 22.4 Å². The first kappa shape index (κ1) is 23.3. The number of benzene rings is 3. The van der Waals surface area contributed by atoms with Crippen molar-refractivity contribution in [3.63, 3.8) is 0 Å². The highest BCUT2D eigenvalue weighted by Gasteiger charge is 2.17. The van der Waals surface area contributed by atoms with Gasteiger partial charge in [-0.3, -0.25) is 9.36 Å². The molecule has 1 heterocycles. The molecule has 0 atom stereocenters. The van der Waals surface area contributed by atoms with Gasteiger partial charge in [0.1, 0.15) is 5.75 Å². The van der Waals surface area contributed by atoms with Crippen molar-refractivity contribution < 1.29 is 9.90 Å². The molecule has 0 unspecified atom stereocenters. The van der Waals surface area contributed by atoms with Gasteiger partial charge in [0, 0.05) is 11.3 Å². The number of rotatable bonds is 7. The van der Waals surface area contributed by atoms with Crippen molar-refractivity contribution in [1.29, 1.82) is 0 Å². The lowest BCUT2D eigenvalue weighted by Crippen LogP contribution is -2.21. The van der Waals surface area contributed by atoms with Crippen LogP contribution >= 0.6 is 11.8 Å². The van der Waals surface area contributed by atoms with E-state index in [9.17, 15) is 9.90 Å². The smallest absolute Gasteiger partial charge is 0.250 e. The van der Waals surface area contributed by atoms with Gasteiger partial charge in [0.15, 0.2) is 11.0 Å². The third-order valence-electron chi connectivity index (χ3n) is 5.20. The minimum Gasteiger partial charge on any atom is -0.508 e. The van der Waals surface area contributed by atoms with Crippen LogP contribution in [-0.2, 0) is 4.79 Å². The summed E-state index contributed by atoms with van der Waals surface area (Å²) in [6.07, 6.45) is 0. The van der Waals surface area contributed by atoms with Crippen molar-refractivity contribution in [2.45, 2.75) is 25.9 Å². The van der Waals surface area contributed by atoms with Gasteiger partial charge in [-0.25, -0.2) is 5.43 Å². The number of hydrogen-bond acceptors (Lipinski definition) is 6. The van der Waals surface area contributed by atoms with Crippen molar-refractivity contribution in [3.8, 4) is 22.8 Å². The van der Waals surface area contributed by atoms with E-state index in [1.54, 1.807) is 31.2 Å². The van der Waals surface area contributed by atoms with Crippen LogP contribution in [0.1, 0.15) is 23.6 Å². The SMILES string of the molecule is C/C(=N\NC(=O)CSc1nnc(-c2ccc(C)cc2)n1-c1ccc(C)cc1)c1ccc(O)cc1. The monoisotopic (exact) mass is 471 g/mol. The Balaban J connectivity index is 1.52. The summed E-state index contributed by atoms with van der Waals surface area (Å²) in [6.45, 7) is 5.87. The molecule has 0 spiro atoms. The number of nitrogens with one attached hydrogen (secondary N) is 1. The van der Waals surface area contributed by atoms with Crippen molar-refractivity contribution in [2.75, 3.05) is 5.75 Å². The van der Waals surface area contributed by atoms with Crippen LogP contribution in [-0.4, -0.2) is 37.2 Å². The molecule has 0 aliphatic heterocycles. The Morgan fingerprint density at radius 1 is 0.941 bits per heavy atom. The first-order valence-corrected chi connectivity index (χ1v) is 11.7. The van der Waals surface area contributed by atoms with Gasteiger partial charge in [0.25, 0.3) is 5.91 Å². The van der Waals surface area contributed by atoms with Gasteiger partial charge in [-0.15, -0.1) is 10.2 Å². The molecule has 7 nitrogen and oxygen atoms in total. The highest BCUT2D eigenvalue weighted by atomic mass is 32.2. The second-order valence-electron chi connectivity index (χ2n) is 7.91. The van der Waals surface area contributed by atoms with Crippen LogP contribution in [0, 0.1) is 13.8 Å². The van der Waals surface area contributed by atoms with E-state index in [1.807, 2.05) is 66.9 Å². The number of hydrogen-bond donors (Lipinski definition) is 2. The van der Waals surface area contributed by atoms with Crippen LogP contribution < -0.4 is 5.43 Å². The highest BCUT2D eigenvalue weighted by Crippen LogP contribution is 2.28. The Kier molecular flexibility index (Phi) is 7.08. The van der Waals surface area contributed by atoms with Gasteiger partial charge in [0.2, 0.25) is 0 Å². The maximum Gasteiger partial charge on any atom is 0.250 e. The Hall–Kier alpha value is -3.91. The Bertz CT molecular complexity index is 1310. The number of hydrazone groups is 1. The summed E-state index contributed by atoms with van der Waals surface area (Å²) >= 11 is 1.30. The van der Waals surface area contributed by atoms with Crippen LogP contribution in [0.25, 0.3) is 17.1 Å². The fourth-order valence-electron chi connectivity index (χ4n) is 3.26. The molecule has 0 saturated heterocycles. The van der Waals surface area contributed by atoms with Crippen LogP contribution in [0.3, 0.4) is 0 Å². The molecule has 172 valence electrons. The maximum absolute atomic E-state index is 12.5. The molecule has 0 radical (unpaired) electrons. The number of aromatic hydroxyl groups is 1. The topological polar surface area (TPSA) is 92.4 Å². The molecule has 0 aliphatic rings. The third kappa shape index (κ3) is 5.52. The summed E-state index contributed by atoms with van der Waals surface area (Å²) in [5.74, 6) is 0.774. The standard InChI is InChI=1S/C26H25N5O2S/c1-17-4-8-21(9-5-17)25-29-30-26(31(25)22-12-6-18(2)7-13-22)34-16-24(33)28-27-19(3)20-10-14-23(32)15-11-20/h4-15,32H,16H2,1-3H3,(H,28,33)/b27-19+. The first-order chi connectivity index (χ1) is 16.4. The fraction of sp³-hybridized carbons (Fsp3) is 0.154. The third-order valence-corrected chi connectivity index (χ3v) is 6.13. The van der Waals surface area contributed by atoms with Crippen LogP contribution in [0.15, 0.2) is 83.1 Å². The van der Waals surface area contributed by atoms with Gasteiger partial charge in [-0.2, -0.15) is 5.10 Å². The van der Waals surface area contributed by atoms with E-state index in [2.05, 4.69) is 20.7 Å². The zero-order chi connectivity index (χ0) is 24.1. The zero-order valence-corrected chi connectivity index (χ0v) is 20.0. The van der Waals surface area contributed by atoms with Crippen LogP contribution in [0.4, 0.5) is 0 Å². The molecule has 8 heteroatoms. The second kappa shape index (κ2) is 10.4. The number of thioether (sulfide) groups is 1. The second-order valence-corrected chi connectivity index (χ2v) is 8.85. The maximum atomic E-state index is 12.5. The summed E-state index contributed by atoms with van der Waals surface area (Å²) in [4.78, 5) is 12.5. The summed E-state index contributed by atoms with van der Waals surface area (Å²) in [6, 6.07) is 22.9. The molecule has 3 aromatic carbocycles. The van der Waals surface area contributed by atoms with Crippen LogP contribution in [0.2, 0.25) is 0 Å². The van der Waals surface area contributed by atoms with Gasteiger partial charge in [-0.1, -0.05) is 59.3 Å². The number of phenolic OH excluding ortho intramolecular Hbond substituents is 1. The molecule has 0 saturated carbocycles. The highest BCUT2D eigenvalue weighted by molar-refractivity contribution is 7.99. The van der Waals surface area contributed by atoms with E-state index in [4.69, 9.17) is 0 Å². The molecule has 4 rings (SSSR count). The Morgan fingerprint density at radius 2 is 1.56 bits per heavy atom. The zero-order valence-electron chi connectivity index (χ0n) is 19.2. The summed E-state index contributed by atoms with van der Waals surface area (Å²) in [5.41, 5.74) is 8.24. The summed E-state index contributed by atoms with van der Waals surface area (Å²) in [7, 11) is 0. The lowest BCUT2D eigenvalue weighted by atomic mass is 10.1. The van der Waals surface area contributed by atoms with E-state index in [0.29, 0.717) is 16.7 Å². The number of phenols is 1. The predicted octanol–water partition coefficient (Wildman–Crippen LogP) is 4.89. The van der Waals surface area contributed by atoms with Crippen molar-refractivity contribution in [2.24, 2.45) is 5.10 Å². The average molecular weight is 472 g/mol. The van der Waals surface area contributed by atoms with E-state index < -0.39 is 0 Å². The Labute approximate surface area is 202 Å². The number of carbonyl (C=O) groups is 1. The lowest BCUT2D eigenvalue weighted by Gasteiger charge is -2.11. The molecule has 0 aliphatic carbocycles. The minimum atomic E-state index is -0.251. The molecule has 34 heavy (non-hydrogen) atoms. The van der Waals surface area contributed by atoms with Crippen molar-refractivity contribution in [3.05, 3.63) is 89.5 Å². The molecule has 0 fully saturated rings. The van der Waals surface area contributed by atoms with E-state index in [1.165, 1.54) is 17.3 Å². The molecule has 0 bridgehead atoms. The quantitative estimate of drug-likeness (QED) is 0.227. The average Bonchev–Trinajstić information content (AvgIpc) is 3.26. The molecule has 1 amide bonds.